The van der Waals surface area contributed by atoms with Crippen LogP contribution in [0.5, 0.6) is 11.5 Å². The summed E-state index contributed by atoms with van der Waals surface area (Å²) in [5.41, 5.74) is 7.35. The molecular weight excluding hydrogens is 556 g/mol. The first kappa shape index (κ1) is 26.1. The number of nitrogens with zero attached hydrogens (tertiary/aromatic N) is 3. The molecule has 1 saturated heterocycles. The number of carbonyl (C=O) groups excluding carboxylic acids is 2. The van der Waals surface area contributed by atoms with Crippen LogP contribution < -0.4 is 5.73 Å². The Hall–Kier alpha value is -3.53. The third kappa shape index (κ3) is 4.84. The van der Waals surface area contributed by atoms with Crippen molar-refractivity contribution in [2.75, 3.05) is 11.5 Å². The number of fused-ring (bicyclic) bond motifs is 1. The summed E-state index contributed by atoms with van der Waals surface area (Å²) in [7, 11) is -4.44. The van der Waals surface area contributed by atoms with Crippen molar-refractivity contribution >= 4 is 45.5 Å². The molecule has 0 unspecified atom stereocenters. The fourth-order valence-corrected chi connectivity index (χ4v) is 6.80. The number of phenols is 2. The Balaban J connectivity index is 1.39. The summed E-state index contributed by atoms with van der Waals surface area (Å²) in [5, 5.41) is 26.6. The normalized spacial score (nSPS) is 19.2. The Bertz CT molecular complexity index is 1570. The molecule has 198 valence electrons. The maximum atomic E-state index is 13.2. The van der Waals surface area contributed by atoms with Crippen LogP contribution in [-0.4, -0.2) is 68.5 Å². The highest BCUT2D eigenvalue weighted by atomic mass is 32.2. The molecule has 1 amide bonds. The lowest BCUT2D eigenvalue weighted by Gasteiger charge is -2.48. The molecule has 0 saturated carbocycles. The number of nitrogens with two attached hydrogens (primary N) is 1. The fourth-order valence-electron chi connectivity index (χ4n) is 3.76. The minimum absolute atomic E-state index is 0.0857. The third-order valence-corrected chi connectivity index (χ3v) is 9.26. The van der Waals surface area contributed by atoms with Gasteiger partial charge >= 0.3 is 16.1 Å². The van der Waals surface area contributed by atoms with E-state index in [0.717, 1.165) is 17.3 Å². The average molecular weight is 577 g/mol. The zero-order chi connectivity index (χ0) is 27.2. The molecule has 0 radical (unpaired) electrons. The topological polar surface area (TPSA) is 186 Å². The summed E-state index contributed by atoms with van der Waals surface area (Å²) in [6, 6.07) is 9.02. The van der Waals surface area contributed by atoms with Crippen LogP contribution in [0.4, 0.5) is 0 Å². The molecule has 1 fully saturated rings. The van der Waals surface area contributed by atoms with E-state index in [4.69, 9.17) is 14.3 Å². The van der Waals surface area contributed by atoms with Crippen molar-refractivity contribution in [3.8, 4) is 23.0 Å². The molecule has 2 aliphatic rings. The highest BCUT2D eigenvalue weighted by molar-refractivity contribution is 8.01. The molecule has 38 heavy (non-hydrogen) atoms. The van der Waals surface area contributed by atoms with Gasteiger partial charge in [-0.05, 0) is 42.8 Å². The molecule has 2 aromatic carbocycles. The predicted octanol–water partition coefficient (Wildman–Crippen LogP) is 1.98. The van der Waals surface area contributed by atoms with Gasteiger partial charge < -0.3 is 24.5 Å². The van der Waals surface area contributed by atoms with E-state index in [-0.39, 0.29) is 44.7 Å². The summed E-state index contributed by atoms with van der Waals surface area (Å²) in [6.45, 7) is 1.79. The average Bonchev–Trinajstić information content (AvgIpc) is 3.37. The van der Waals surface area contributed by atoms with Crippen LogP contribution in [0.1, 0.15) is 5.56 Å². The van der Waals surface area contributed by atoms with Gasteiger partial charge in [0.15, 0.2) is 11.5 Å². The number of carbonyl (C=O) groups is 2. The van der Waals surface area contributed by atoms with Crippen molar-refractivity contribution in [3.05, 3.63) is 59.3 Å². The van der Waals surface area contributed by atoms with Gasteiger partial charge in [0.1, 0.15) is 22.0 Å². The molecule has 0 spiro atoms. The molecule has 0 aliphatic carbocycles. The van der Waals surface area contributed by atoms with E-state index in [2.05, 4.69) is 10.2 Å². The summed E-state index contributed by atoms with van der Waals surface area (Å²) < 4.78 is 36.0. The summed E-state index contributed by atoms with van der Waals surface area (Å²) in [5.74, 6) is -1.87. The van der Waals surface area contributed by atoms with E-state index >= 15 is 0 Å². The van der Waals surface area contributed by atoms with Crippen LogP contribution in [0.15, 0.2) is 68.3 Å². The van der Waals surface area contributed by atoms with Gasteiger partial charge in [-0.15, -0.1) is 22.0 Å². The highest BCUT2D eigenvalue weighted by Gasteiger charge is 2.52. The van der Waals surface area contributed by atoms with E-state index in [9.17, 15) is 28.2 Å². The molecule has 4 N–H and O–H groups in total. The SMILES string of the molecule is Cc1ccc(S(=O)(=O)OC(=O)C2=C(CSc3nnc(-c4ccc(O)c(O)c4)o3)CS[C@@H]3[C@H](N)C(=O)N23)cc1. The number of amides is 1. The largest absolute Gasteiger partial charge is 0.504 e. The lowest BCUT2D eigenvalue weighted by atomic mass is 10.0. The van der Waals surface area contributed by atoms with Crippen molar-refractivity contribution in [2.24, 2.45) is 5.73 Å². The molecule has 3 aromatic rings. The van der Waals surface area contributed by atoms with Gasteiger partial charge in [-0.2, -0.15) is 8.42 Å². The molecule has 2 atom stereocenters. The summed E-state index contributed by atoms with van der Waals surface area (Å²) >= 11 is 2.41. The monoisotopic (exact) mass is 576 g/mol. The van der Waals surface area contributed by atoms with Gasteiger partial charge in [0.05, 0.1) is 0 Å². The molecule has 3 heterocycles. The van der Waals surface area contributed by atoms with Gasteiger partial charge in [-0.1, -0.05) is 29.5 Å². The molecular formula is C23H20N4O8S3. The molecule has 2 aliphatic heterocycles. The third-order valence-electron chi connectivity index (χ3n) is 5.78. The van der Waals surface area contributed by atoms with E-state index < -0.39 is 33.4 Å². The highest BCUT2D eigenvalue weighted by Crippen LogP contribution is 2.41. The number of phenolic OH excluding ortho intramolecular Hbond substituents is 2. The van der Waals surface area contributed by atoms with Crippen molar-refractivity contribution in [2.45, 2.75) is 28.5 Å². The van der Waals surface area contributed by atoms with Crippen LogP contribution in [0.25, 0.3) is 11.5 Å². The molecule has 5 rings (SSSR count). The van der Waals surface area contributed by atoms with Crippen molar-refractivity contribution in [3.63, 3.8) is 0 Å². The number of thioether (sulfide) groups is 2. The number of aromatic hydroxyl groups is 2. The van der Waals surface area contributed by atoms with Gasteiger partial charge in [0, 0.05) is 17.1 Å². The molecule has 1 aromatic heterocycles. The fraction of sp³-hybridized carbons (Fsp3) is 0.217. The van der Waals surface area contributed by atoms with E-state index in [1.807, 2.05) is 0 Å². The number of β-lactam (4-membered cyclic amide) rings is 1. The number of aryl methyl sites for hydroxylation is 1. The second-order valence-electron chi connectivity index (χ2n) is 8.39. The lowest BCUT2D eigenvalue weighted by molar-refractivity contribution is -0.146. The minimum Gasteiger partial charge on any atom is -0.504 e. The van der Waals surface area contributed by atoms with Crippen LogP contribution in [0.2, 0.25) is 0 Å². The molecule has 15 heteroatoms. The Morgan fingerprint density at radius 3 is 2.66 bits per heavy atom. The Morgan fingerprint density at radius 1 is 1.21 bits per heavy atom. The number of hydrogen-bond donors (Lipinski definition) is 3. The van der Waals surface area contributed by atoms with Gasteiger partial charge in [0.2, 0.25) is 11.8 Å². The Labute approximate surface area is 225 Å². The van der Waals surface area contributed by atoms with Crippen LogP contribution in [0.3, 0.4) is 0 Å². The first-order valence-electron chi connectivity index (χ1n) is 11.0. The van der Waals surface area contributed by atoms with Gasteiger partial charge in [0.25, 0.3) is 5.22 Å². The number of aromatic nitrogens is 2. The van der Waals surface area contributed by atoms with Gasteiger partial charge in [-0.3, -0.25) is 9.69 Å². The van der Waals surface area contributed by atoms with Crippen LogP contribution >= 0.6 is 23.5 Å². The minimum atomic E-state index is -4.44. The number of benzene rings is 2. The second-order valence-corrected chi connectivity index (χ2v) is 12.0. The number of rotatable bonds is 7. The first-order valence-corrected chi connectivity index (χ1v) is 14.5. The number of hydrogen-bond acceptors (Lipinski definition) is 13. The van der Waals surface area contributed by atoms with Gasteiger partial charge in [-0.25, -0.2) is 4.79 Å². The first-order chi connectivity index (χ1) is 18.0. The van der Waals surface area contributed by atoms with Crippen molar-refractivity contribution in [1.29, 1.82) is 0 Å². The maximum Gasteiger partial charge on any atom is 0.370 e. The zero-order valence-electron chi connectivity index (χ0n) is 19.6. The second kappa shape index (κ2) is 9.98. The summed E-state index contributed by atoms with van der Waals surface area (Å²) in [6.07, 6.45) is 0. The van der Waals surface area contributed by atoms with E-state index in [1.54, 1.807) is 19.1 Å². The molecule has 0 bridgehead atoms. The maximum absolute atomic E-state index is 13.2. The predicted molar refractivity (Wildman–Crippen MR) is 136 cm³/mol. The standard InChI is InChI=1S/C23H20N4O8S3/c1-11-2-5-14(6-3-11)38(32,33)35-22(31)18-13(9-36-21-17(24)20(30)27(18)21)10-37-23-26-25-19(34-23)12-4-7-15(28)16(29)8-12/h2-8,17,21,28-29H,9-10,24H2,1H3/t17-,21-/m1/s1. The van der Waals surface area contributed by atoms with Crippen molar-refractivity contribution in [1.82, 2.24) is 15.1 Å². The zero-order valence-corrected chi connectivity index (χ0v) is 22.0. The smallest absolute Gasteiger partial charge is 0.370 e. The molecule has 12 nitrogen and oxygen atoms in total. The van der Waals surface area contributed by atoms with Crippen LogP contribution in [-0.2, 0) is 23.9 Å². The Kier molecular flexibility index (Phi) is 6.85. The van der Waals surface area contributed by atoms with E-state index in [0.29, 0.717) is 11.1 Å². The Morgan fingerprint density at radius 2 is 1.95 bits per heavy atom. The summed E-state index contributed by atoms with van der Waals surface area (Å²) in [4.78, 5) is 26.7. The van der Waals surface area contributed by atoms with Crippen molar-refractivity contribution < 1.29 is 36.8 Å². The van der Waals surface area contributed by atoms with E-state index in [1.165, 1.54) is 47.0 Å². The quantitative estimate of drug-likeness (QED) is 0.161. The lowest BCUT2D eigenvalue weighted by Crippen LogP contribution is -2.68. The van der Waals surface area contributed by atoms with Crippen LogP contribution in [0, 0.1) is 6.92 Å².